The molecule has 0 saturated heterocycles. The highest BCUT2D eigenvalue weighted by atomic mass is 16.6. The van der Waals surface area contributed by atoms with Crippen LogP contribution in [0.4, 0.5) is 11.4 Å². The lowest BCUT2D eigenvalue weighted by Gasteiger charge is -2.09. The average molecular weight is 405 g/mol. The van der Waals surface area contributed by atoms with E-state index in [9.17, 15) is 25.0 Å². The van der Waals surface area contributed by atoms with Gasteiger partial charge in [-0.15, -0.1) is 0 Å². The van der Waals surface area contributed by atoms with Gasteiger partial charge in [-0.05, 0) is 36.4 Å². The molecule has 0 saturated carbocycles. The molecular formula is C20H15N5O5. The molecule has 3 aromatic rings. The second-order valence-electron chi connectivity index (χ2n) is 6.09. The number of ether oxygens (including phenoxy) is 1. The Morgan fingerprint density at radius 1 is 1.23 bits per heavy atom. The van der Waals surface area contributed by atoms with Gasteiger partial charge in [-0.3, -0.25) is 19.7 Å². The molecule has 0 atom stereocenters. The maximum absolute atomic E-state index is 12.4. The number of nitriles is 1. The van der Waals surface area contributed by atoms with Crippen molar-refractivity contribution in [1.82, 2.24) is 9.78 Å². The third kappa shape index (κ3) is 4.48. The Morgan fingerprint density at radius 2 is 1.97 bits per heavy atom. The Bertz CT molecular complexity index is 1210. The van der Waals surface area contributed by atoms with E-state index in [2.05, 4.69) is 10.4 Å². The van der Waals surface area contributed by atoms with Gasteiger partial charge in [-0.2, -0.15) is 10.4 Å². The molecule has 1 N–H and O–H groups in total. The van der Waals surface area contributed by atoms with Gasteiger partial charge < -0.3 is 10.1 Å². The Balaban J connectivity index is 1.81. The number of anilines is 1. The fourth-order valence-corrected chi connectivity index (χ4v) is 2.65. The van der Waals surface area contributed by atoms with Gasteiger partial charge in [0, 0.05) is 23.8 Å². The van der Waals surface area contributed by atoms with E-state index in [1.807, 2.05) is 0 Å². The third-order valence-corrected chi connectivity index (χ3v) is 4.15. The summed E-state index contributed by atoms with van der Waals surface area (Å²) in [5, 5.41) is 26.7. The van der Waals surface area contributed by atoms with Crippen molar-refractivity contribution in [3.05, 3.63) is 80.6 Å². The fraction of sp³-hybridized carbons (Fsp3) is 0.100. The van der Waals surface area contributed by atoms with Crippen LogP contribution < -0.4 is 15.6 Å². The van der Waals surface area contributed by atoms with Gasteiger partial charge in [0.25, 0.3) is 11.2 Å². The summed E-state index contributed by atoms with van der Waals surface area (Å²) in [4.78, 5) is 34.7. The maximum atomic E-state index is 12.4. The average Bonchev–Trinajstić information content (AvgIpc) is 2.75. The normalized spacial score (nSPS) is 10.1. The summed E-state index contributed by atoms with van der Waals surface area (Å²) in [5.41, 5.74) is 0.503. The number of non-ortho nitro benzene ring substituents is 1. The molecule has 1 heterocycles. The summed E-state index contributed by atoms with van der Waals surface area (Å²) in [7, 11) is 1.55. The number of benzene rings is 2. The monoisotopic (exact) mass is 405 g/mol. The van der Waals surface area contributed by atoms with Crippen molar-refractivity contribution in [2.24, 2.45) is 0 Å². The second-order valence-corrected chi connectivity index (χ2v) is 6.09. The number of aromatic nitrogens is 2. The molecule has 30 heavy (non-hydrogen) atoms. The molecule has 1 aromatic heterocycles. The number of carbonyl (C=O) groups excluding carboxylic acids is 1. The molecule has 150 valence electrons. The van der Waals surface area contributed by atoms with Crippen molar-refractivity contribution in [2.45, 2.75) is 6.54 Å². The number of nitrogens with zero attached hydrogens (tertiary/aromatic N) is 4. The topological polar surface area (TPSA) is 140 Å². The Morgan fingerprint density at radius 3 is 2.60 bits per heavy atom. The first-order chi connectivity index (χ1) is 14.4. The summed E-state index contributed by atoms with van der Waals surface area (Å²) in [6.07, 6.45) is 0. The van der Waals surface area contributed by atoms with E-state index in [1.165, 1.54) is 18.2 Å². The zero-order valence-electron chi connectivity index (χ0n) is 15.7. The molecule has 0 unspecified atom stereocenters. The molecule has 0 aliphatic rings. The van der Waals surface area contributed by atoms with E-state index in [0.717, 1.165) is 16.3 Å². The lowest BCUT2D eigenvalue weighted by molar-refractivity contribution is -0.384. The van der Waals surface area contributed by atoms with Crippen molar-refractivity contribution in [3.8, 4) is 23.1 Å². The first-order valence-corrected chi connectivity index (χ1v) is 8.62. The minimum atomic E-state index is -0.638. The minimum Gasteiger partial charge on any atom is -0.497 e. The first kappa shape index (κ1) is 20.2. The number of nitro groups is 1. The van der Waals surface area contributed by atoms with E-state index < -0.39 is 22.9 Å². The van der Waals surface area contributed by atoms with Gasteiger partial charge in [0.05, 0.1) is 29.0 Å². The van der Waals surface area contributed by atoms with Gasteiger partial charge >= 0.3 is 0 Å². The number of hydrogen-bond acceptors (Lipinski definition) is 7. The van der Waals surface area contributed by atoms with E-state index >= 15 is 0 Å². The lowest BCUT2D eigenvalue weighted by atomic mass is 10.1. The lowest BCUT2D eigenvalue weighted by Crippen LogP contribution is -2.29. The summed E-state index contributed by atoms with van der Waals surface area (Å²) < 4.78 is 6.10. The molecule has 0 aliphatic heterocycles. The number of nitrogens with one attached hydrogen (secondary N) is 1. The molecule has 0 fully saturated rings. The molecule has 10 heteroatoms. The summed E-state index contributed by atoms with van der Waals surface area (Å²) in [6.45, 7) is -0.398. The zero-order chi connectivity index (χ0) is 21.7. The molecular weight excluding hydrogens is 390 g/mol. The highest BCUT2D eigenvalue weighted by Gasteiger charge is 2.14. The Labute approximate surface area is 170 Å². The predicted octanol–water partition coefficient (Wildman–Crippen LogP) is 2.34. The number of amides is 1. The van der Waals surface area contributed by atoms with Crippen molar-refractivity contribution < 1.29 is 14.5 Å². The zero-order valence-corrected chi connectivity index (χ0v) is 15.7. The standard InChI is InChI=1S/C20H15N5O5/c1-30-16-5-2-13(3-6-16)18-8-9-20(27)24(23-18)12-19(26)22-17-7-4-15(25(28)29)10-14(17)11-21/h2-10H,12H2,1H3,(H,22,26). The highest BCUT2D eigenvalue weighted by molar-refractivity contribution is 5.92. The first-order valence-electron chi connectivity index (χ1n) is 8.62. The number of hydrogen-bond donors (Lipinski definition) is 1. The van der Waals surface area contributed by atoms with Crippen LogP contribution >= 0.6 is 0 Å². The molecule has 0 bridgehead atoms. The van der Waals surface area contributed by atoms with Crippen LogP contribution in [0.2, 0.25) is 0 Å². The molecule has 1 amide bonds. The number of nitro benzene ring substituents is 1. The van der Waals surface area contributed by atoms with E-state index in [-0.39, 0.29) is 16.9 Å². The Kier molecular flexibility index (Phi) is 5.84. The fourth-order valence-electron chi connectivity index (χ4n) is 2.65. The number of methoxy groups -OCH3 is 1. The van der Waals surface area contributed by atoms with Gasteiger partial charge in [0.2, 0.25) is 5.91 Å². The van der Waals surface area contributed by atoms with Crippen LogP contribution in [0.25, 0.3) is 11.3 Å². The second kappa shape index (κ2) is 8.66. The molecule has 0 spiro atoms. The van der Waals surface area contributed by atoms with E-state index in [1.54, 1.807) is 43.5 Å². The molecule has 3 rings (SSSR count). The third-order valence-electron chi connectivity index (χ3n) is 4.15. The van der Waals surface area contributed by atoms with Gasteiger partial charge in [0.15, 0.2) is 0 Å². The summed E-state index contributed by atoms with van der Waals surface area (Å²) in [6, 6.07) is 15.2. The van der Waals surface area contributed by atoms with E-state index in [4.69, 9.17) is 4.74 Å². The van der Waals surface area contributed by atoms with Crippen LogP contribution in [-0.4, -0.2) is 27.7 Å². The van der Waals surface area contributed by atoms with Gasteiger partial charge in [-0.25, -0.2) is 4.68 Å². The van der Waals surface area contributed by atoms with Crippen molar-refractivity contribution in [3.63, 3.8) is 0 Å². The van der Waals surface area contributed by atoms with Crippen molar-refractivity contribution in [2.75, 3.05) is 12.4 Å². The van der Waals surface area contributed by atoms with Crippen molar-refractivity contribution >= 4 is 17.3 Å². The van der Waals surface area contributed by atoms with Crippen LogP contribution in [0.15, 0.2) is 59.4 Å². The molecule has 2 aromatic carbocycles. The van der Waals surface area contributed by atoms with E-state index in [0.29, 0.717) is 11.4 Å². The van der Waals surface area contributed by atoms with Crippen LogP contribution in [-0.2, 0) is 11.3 Å². The van der Waals surface area contributed by atoms with Gasteiger partial charge in [-0.1, -0.05) is 0 Å². The van der Waals surface area contributed by atoms with Crippen LogP contribution in [0.1, 0.15) is 5.56 Å². The van der Waals surface area contributed by atoms with Gasteiger partial charge in [0.1, 0.15) is 18.4 Å². The van der Waals surface area contributed by atoms with Crippen LogP contribution in [0.3, 0.4) is 0 Å². The highest BCUT2D eigenvalue weighted by Crippen LogP contribution is 2.22. The molecule has 0 aliphatic carbocycles. The predicted molar refractivity (Wildman–Crippen MR) is 107 cm³/mol. The summed E-state index contributed by atoms with van der Waals surface area (Å²) >= 11 is 0. The Hall–Kier alpha value is -4.52. The number of rotatable bonds is 6. The van der Waals surface area contributed by atoms with Crippen LogP contribution in [0.5, 0.6) is 5.75 Å². The maximum Gasteiger partial charge on any atom is 0.270 e. The smallest absolute Gasteiger partial charge is 0.270 e. The summed E-state index contributed by atoms with van der Waals surface area (Å²) in [5.74, 6) is 0.0599. The van der Waals surface area contributed by atoms with Crippen molar-refractivity contribution in [1.29, 1.82) is 5.26 Å². The number of carbonyl (C=O) groups is 1. The minimum absolute atomic E-state index is 0.0650. The molecule has 10 nitrogen and oxygen atoms in total. The molecule has 0 radical (unpaired) electrons. The quantitative estimate of drug-likeness (QED) is 0.490. The van der Waals surface area contributed by atoms with Crippen LogP contribution in [0, 0.1) is 21.4 Å². The SMILES string of the molecule is COc1ccc(-c2ccc(=O)n(CC(=O)Nc3ccc([N+](=O)[O-])cc3C#N)n2)cc1. The largest absolute Gasteiger partial charge is 0.497 e.